The average Bonchev–Trinajstić information content (AvgIpc) is 2.39. The fraction of sp³-hybridized carbons (Fsp3) is 0.0769. The Labute approximate surface area is 116 Å². The van der Waals surface area contributed by atoms with Crippen LogP contribution in [0.1, 0.15) is 15.9 Å². The lowest BCUT2D eigenvalue weighted by Gasteiger charge is -2.14. The van der Waals surface area contributed by atoms with Gasteiger partial charge in [0, 0.05) is 11.9 Å². The molecule has 21 heavy (non-hydrogen) atoms. The summed E-state index contributed by atoms with van der Waals surface area (Å²) in [5.41, 5.74) is 3.48. The van der Waals surface area contributed by atoms with Crippen molar-refractivity contribution in [2.24, 2.45) is 0 Å². The van der Waals surface area contributed by atoms with E-state index in [1.807, 2.05) is 0 Å². The number of halogens is 4. The van der Waals surface area contributed by atoms with E-state index in [2.05, 4.69) is 10.3 Å². The third-order valence-electron chi connectivity index (χ3n) is 2.56. The first kappa shape index (κ1) is 14.8. The fourth-order valence-electron chi connectivity index (χ4n) is 1.64. The summed E-state index contributed by atoms with van der Waals surface area (Å²) in [5, 5.41) is 2.07. The summed E-state index contributed by atoms with van der Waals surface area (Å²) in [6.07, 6.45) is -2.76. The Morgan fingerprint density at radius 1 is 1.19 bits per heavy atom. The van der Waals surface area contributed by atoms with Gasteiger partial charge >= 0.3 is 6.18 Å². The Hall–Kier alpha value is -2.64. The number of nitrogens with zero attached hydrogens (tertiary/aromatic N) is 1. The summed E-state index contributed by atoms with van der Waals surface area (Å²) in [7, 11) is 0. The van der Waals surface area contributed by atoms with Gasteiger partial charge in [-0.1, -0.05) is 0 Å². The van der Waals surface area contributed by atoms with Crippen LogP contribution in [0.2, 0.25) is 0 Å². The van der Waals surface area contributed by atoms with Crippen LogP contribution in [0.15, 0.2) is 36.7 Å². The second-order valence-corrected chi connectivity index (χ2v) is 4.15. The average molecular weight is 299 g/mol. The maximum Gasteiger partial charge on any atom is 0.418 e. The lowest BCUT2D eigenvalue weighted by molar-refractivity contribution is -0.136. The minimum atomic E-state index is -4.68. The first-order chi connectivity index (χ1) is 9.77. The SMILES string of the molecule is Nc1ccc(NC(=O)c2cncc(F)c2)c(C(F)(F)F)c1. The number of nitrogens with one attached hydrogen (secondary N) is 1. The number of carbonyl (C=O) groups is 1. The van der Waals surface area contributed by atoms with E-state index < -0.39 is 29.2 Å². The molecule has 0 spiro atoms. The summed E-state index contributed by atoms with van der Waals surface area (Å²) in [6.45, 7) is 0. The van der Waals surface area contributed by atoms with Crippen LogP contribution in [0.4, 0.5) is 28.9 Å². The largest absolute Gasteiger partial charge is 0.418 e. The molecule has 0 saturated carbocycles. The van der Waals surface area contributed by atoms with Crippen LogP contribution in [0.25, 0.3) is 0 Å². The molecule has 8 heteroatoms. The molecule has 1 heterocycles. The number of benzene rings is 1. The van der Waals surface area contributed by atoms with Crippen LogP contribution in [-0.2, 0) is 6.18 Å². The van der Waals surface area contributed by atoms with Crippen molar-refractivity contribution >= 4 is 17.3 Å². The third kappa shape index (κ3) is 3.47. The molecule has 1 aromatic heterocycles. The predicted molar refractivity (Wildman–Crippen MR) is 68.0 cm³/mol. The molecule has 110 valence electrons. The highest BCUT2D eigenvalue weighted by Gasteiger charge is 2.34. The van der Waals surface area contributed by atoms with Crippen LogP contribution in [0, 0.1) is 5.82 Å². The maximum absolute atomic E-state index is 12.9. The van der Waals surface area contributed by atoms with Crippen molar-refractivity contribution in [1.82, 2.24) is 4.98 Å². The molecule has 0 unspecified atom stereocenters. The molecule has 2 rings (SSSR count). The van der Waals surface area contributed by atoms with Gasteiger partial charge in [0.1, 0.15) is 5.82 Å². The lowest BCUT2D eigenvalue weighted by atomic mass is 10.1. The van der Waals surface area contributed by atoms with Crippen molar-refractivity contribution in [2.75, 3.05) is 11.1 Å². The second-order valence-electron chi connectivity index (χ2n) is 4.15. The smallest absolute Gasteiger partial charge is 0.399 e. The van der Waals surface area contributed by atoms with Gasteiger partial charge < -0.3 is 11.1 Å². The number of nitrogen functional groups attached to an aromatic ring is 1. The number of hydrogen-bond acceptors (Lipinski definition) is 3. The lowest BCUT2D eigenvalue weighted by Crippen LogP contribution is -2.17. The van der Waals surface area contributed by atoms with E-state index in [9.17, 15) is 22.4 Å². The number of carbonyl (C=O) groups excluding carboxylic acids is 1. The molecule has 2 aromatic rings. The maximum atomic E-state index is 12.9. The van der Waals surface area contributed by atoms with E-state index in [4.69, 9.17) is 5.73 Å². The topological polar surface area (TPSA) is 68.0 Å². The van der Waals surface area contributed by atoms with Crippen molar-refractivity contribution in [2.45, 2.75) is 6.18 Å². The van der Waals surface area contributed by atoms with E-state index >= 15 is 0 Å². The number of alkyl halides is 3. The minimum Gasteiger partial charge on any atom is -0.399 e. The molecule has 0 saturated heterocycles. The Kier molecular flexibility index (Phi) is 3.79. The first-order valence-electron chi connectivity index (χ1n) is 5.66. The van der Waals surface area contributed by atoms with Crippen molar-refractivity contribution in [3.8, 4) is 0 Å². The van der Waals surface area contributed by atoms with Gasteiger partial charge in [-0.25, -0.2) is 4.39 Å². The zero-order valence-electron chi connectivity index (χ0n) is 10.4. The second kappa shape index (κ2) is 5.39. The summed E-state index contributed by atoms with van der Waals surface area (Å²) < 4.78 is 51.5. The van der Waals surface area contributed by atoms with Crippen LogP contribution in [0.3, 0.4) is 0 Å². The van der Waals surface area contributed by atoms with Crippen molar-refractivity contribution in [3.63, 3.8) is 0 Å². The molecule has 4 nitrogen and oxygen atoms in total. The molecule has 0 atom stereocenters. The molecule has 0 aliphatic carbocycles. The van der Waals surface area contributed by atoms with Gasteiger partial charge in [0.15, 0.2) is 0 Å². The predicted octanol–water partition coefficient (Wildman–Crippen LogP) is 3.07. The van der Waals surface area contributed by atoms with Crippen LogP contribution < -0.4 is 11.1 Å². The highest BCUT2D eigenvalue weighted by Crippen LogP contribution is 2.36. The third-order valence-corrected chi connectivity index (χ3v) is 2.56. The van der Waals surface area contributed by atoms with Gasteiger partial charge in [0.25, 0.3) is 5.91 Å². The van der Waals surface area contributed by atoms with E-state index in [0.717, 1.165) is 24.5 Å². The van der Waals surface area contributed by atoms with Crippen molar-refractivity contribution in [1.29, 1.82) is 0 Å². The molecular formula is C13H9F4N3O. The van der Waals surface area contributed by atoms with Gasteiger partial charge in [0.2, 0.25) is 0 Å². The zero-order chi connectivity index (χ0) is 15.6. The van der Waals surface area contributed by atoms with E-state index in [0.29, 0.717) is 6.07 Å². The van der Waals surface area contributed by atoms with Gasteiger partial charge in [-0.15, -0.1) is 0 Å². The summed E-state index contributed by atoms with van der Waals surface area (Å²) in [6, 6.07) is 3.82. The summed E-state index contributed by atoms with van der Waals surface area (Å²) in [4.78, 5) is 15.3. The van der Waals surface area contributed by atoms with Gasteiger partial charge in [0.05, 0.1) is 23.0 Å². The normalized spacial score (nSPS) is 11.2. The molecule has 0 bridgehead atoms. The molecule has 1 aromatic carbocycles. The Balaban J connectivity index is 2.34. The monoisotopic (exact) mass is 299 g/mol. The van der Waals surface area contributed by atoms with Crippen LogP contribution >= 0.6 is 0 Å². The number of nitrogens with two attached hydrogens (primary N) is 1. The number of anilines is 2. The highest BCUT2D eigenvalue weighted by molar-refractivity contribution is 6.04. The number of rotatable bonds is 2. The fourth-order valence-corrected chi connectivity index (χ4v) is 1.64. The van der Waals surface area contributed by atoms with Gasteiger partial charge in [-0.2, -0.15) is 13.2 Å². The van der Waals surface area contributed by atoms with Gasteiger partial charge in [-0.3, -0.25) is 9.78 Å². The molecular weight excluding hydrogens is 290 g/mol. The minimum absolute atomic E-state index is 0.0900. The van der Waals surface area contributed by atoms with Crippen molar-refractivity contribution < 1.29 is 22.4 Å². The number of pyridine rings is 1. The van der Waals surface area contributed by atoms with E-state index in [1.165, 1.54) is 6.07 Å². The molecule has 0 radical (unpaired) electrons. The Morgan fingerprint density at radius 3 is 2.52 bits per heavy atom. The Morgan fingerprint density at radius 2 is 1.90 bits per heavy atom. The molecule has 0 aliphatic heterocycles. The molecule has 0 fully saturated rings. The van der Waals surface area contributed by atoms with E-state index in [-0.39, 0.29) is 11.3 Å². The first-order valence-corrected chi connectivity index (χ1v) is 5.66. The summed E-state index contributed by atoms with van der Waals surface area (Å²) in [5.74, 6) is -1.67. The van der Waals surface area contributed by atoms with Crippen LogP contribution in [0.5, 0.6) is 0 Å². The zero-order valence-corrected chi connectivity index (χ0v) is 10.4. The highest BCUT2D eigenvalue weighted by atomic mass is 19.4. The molecule has 1 amide bonds. The van der Waals surface area contributed by atoms with E-state index in [1.54, 1.807) is 0 Å². The Bertz CT molecular complexity index is 685. The van der Waals surface area contributed by atoms with Crippen molar-refractivity contribution in [3.05, 3.63) is 53.6 Å². The van der Waals surface area contributed by atoms with Gasteiger partial charge in [-0.05, 0) is 24.3 Å². The summed E-state index contributed by atoms with van der Waals surface area (Å²) >= 11 is 0. The number of aromatic nitrogens is 1. The molecule has 0 aliphatic rings. The standard InChI is InChI=1S/C13H9F4N3O/c14-8-3-7(5-19-6-8)12(21)20-11-2-1-9(18)4-10(11)13(15,16)17/h1-6H,18H2,(H,20,21). The molecule has 3 N–H and O–H groups in total. The number of amides is 1. The quantitative estimate of drug-likeness (QED) is 0.661. The van der Waals surface area contributed by atoms with Crippen LogP contribution in [-0.4, -0.2) is 10.9 Å². The number of hydrogen-bond donors (Lipinski definition) is 2.